The van der Waals surface area contributed by atoms with Crippen molar-refractivity contribution >= 4 is 23.4 Å². The number of carbonyl (C=O) groups is 1. The molecule has 1 fully saturated rings. The predicted octanol–water partition coefficient (Wildman–Crippen LogP) is 4.20. The fourth-order valence-electron chi connectivity index (χ4n) is 2.91. The lowest BCUT2D eigenvalue weighted by Crippen LogP contribution is -2.20. The van der Waals surface area contributed by atoms with Gasteiger partial charge < -0.3 is 9.88 Å². The van der Waals surface area contributed by atoms with Crippen LogP contribution >= 0.6 is 11.8 Å². The molecule has 0 unspecified atom stereocenters. The SMILES string of the molecule is CCn1c(SCC(=O)Nc2ccccc2C(C)(C)C)nnc1C1CC1. The number of para-hydroxylation sites is 1. The van der Waals surface area contributed by atoms with Crippen molar-refractivity contribution in [2.24, 2.45) is 0 Å². The number of nitrogens with zero attached hydrogens (tertiary/aromatic N) is 3. The van der Waals surface area contributed by atoms with Gasteiger partial charge in [-0.25, -0.2) is 0 Å². The van der Waals surface area contributed by atoms with Crippen LogP contribution in [0, 0.1) is 0 Å². The van der Waals surface area contributed by atoms with E-state index in [9.17, 15) is 4.79 Å². The van der Waals surface area contributed by atoms with Crippen LogP contribution in [0.25, 0.3) is 0 Å². The number of aromatic nitrogens is 3. The van der Waals surface area contributed by atoms with Gasteiger partial charge in [0, 0.05) is 18.2 Å². The fraction of sp³-hybridized carbons (Fsp3) is 0.526. The van der Waals surface area contributed by atoms with E-state index in [-0.39, 0.29) is 11.3 Å². The molecule has 25 heavy (non-hydrogen) atoms. The molecule has 1 saturated carbocycles. The average Bonchev–Trinajstić information content (AvgIpc) is 3.32. The monoisotopic (exact) mass is 358 g/mol. The maximum Gasteiger partial charge on any atom is 0.234 e. The van der Waals surface area contributed by atoms with Crippen LogP contribution in [-0.4, -0.2) is 26.4 Å². The van der Waals surface area contributed by atoms with Crippen molar-refractivity contribution in [2.45, 2.75) is 63.6 Å². The molecule has 1 amide bonds. The third-order valence-corrected chi connectivity index (χ3v) is 5.31. The molecule has 6 heteroatoms. The van der Waals surface area contributed by atoms with Crippen LogP contribution in [0.5, 0.6) is 0 Å². The van der Waals surface area contributed by atoms with Gasteiger partial charge in [-0.3, -0.25) is 4.79 Å². The van der Waals surface area contributed by atoms with Gasteiger partial charge in [0.05, 0.1) is 5.75 Å². The lowest BCUT2D eigenvalue weighted by atomic mass is 9.86. The van der Waals surface area contributed by atoms with Crippen LogP contribution in [0.3, 0.4) is 0 Å². The molecule has 1 N–H and O–H groups in total. The molecule has 3 rings (SSSR count). The van der Waals surface area contributed by atoms with Crippen molar-refractivity contribution in [3.05, 3.63) is 35.7 Å². The zero-order chi connectivity index (χ0) is 18.0. The molecule has 0 spiro atoms. The van der Waals surface area contributed by atoms with Crippen LogP contribution in [0.2, 0.25) is 0 Å². The van der Waals surface area contributed by atoms with Crippen molar-refractivity contribution < 1.29 is 4.79 Å². The van der Waals surface area contributed by atoms with Gasteiger partial charge in [0.15, 0.2) is 5.16 Å². The summed E-state index contributed by atoms with van der Waals surface area (Å²) in [5.74, 6) is 1.96. The topological polar surface area (TPSA) is 59.8 Å². The largest absolute Gasteiger partial charge is 0.325 e. The molecule has 0 radical (unpaired) electrons. The van der Waals surface area contributed by atoms with Gasteiger partial charge in [-0.2, -0.15) is 0 Å². The Labute approximate surface area is 153 Å². The summed E-state index contributed by atoms with van der Waals surface area (Å²) in [4.78, 5) is 12.4. The van der Waals surface area contributed by atoms with Crippen molar-refractivity contribution in [3.8, 4) is 0 Å². The molecule has 5 nitrogen and oxygen atoms in total. The zero-order valence-corrected chi connectivity index (χ0v) is 16.2. The fourth-order valence-corrected chi connectivity index (χ4v) is 3.72. The Balaban J connectivity index is 1.65. The van der Waals surface area contributed by atoms with Gasteiger partial charge in [0.1, 0.15) is 5.82 Å². The minimum absolute atomic E-state index is 0.0136. The standard InChI is InChI=1S/C19H26N4OS/c1-5-23-17(13-10-11-13)21-22-18(23)25-12-16(24)20-15-9-7-6-8-14(15)19(2,3)4/h6-9,13H,5,10-12H2,1-4H3,(H,20,24). The molecule has 0 bridgehead atoms. The maximum absolute atomic E-state index is 12.4. The average molecular weight is 359 g/mol. The molecule has 2 aromatic rings. The Morgan fingerprint density at radius 2 is 2.00 bits per heavy atom. The van der Waals surface area contributed by atoms with Crippen LogP contribution in [0.1, 0.15) is 57.8 Å². The first-order valence-electron chi connectivity index (χ1n) is 8.85. The predicted molar refractivity (Wildman–Crippen MR) is 102 cm³/mol. The van der Waals surface area contributed by atoms with E-state index < -0.39 is 0 Å². The first kappa shape index (κ1) is 18.0. The van der Waals surface area contributed by atoms with E-state index in [1.54, 1.807) is 0 Å². The van der Waals surface area contributed by atoms with Gasteiger partial charge >= 0.3 is 0 Å². The number of nitrogens with one attached hydrogen (secondary N) is 1. The molecule has 1 aliphatic carbocycles. The van der Waals surface area contributed by atoms with Crippen molar-refractivity contribution in [3.63, 3.8) is 0 Å². The Bertz CT molecular complexity index is 759. The molecular weight excluding hydrogens is 332 g/mol. The highest BCUT2D eigenvalue weighted by Gasteiger charge is 2.30. The molecule has 0 atom stereocenters. The third kappa shape index (κ3) is 4.24. The van der Waals surface area contributed by atoms with E-state index in [1.807, 2.05) is 18.2 Å². The quantitative estimate of drug-likeness (QED) is 0.786. The molecule has 1 aromatic carbocycles. The second-order valence-electron chi connectivity index (χ2n) is 7.49. The van der Waals surface area contributed by atoms with E-state index in [2.05, 4.69) is 53.8 Å². The van der Waals surface area contributed by atoms with Gasteiger partial charge in [-0.15, -0.1) is 10.2 Å². The molecule has 0 aliphatic heterocycles. The lowest BCUT2D eigenvalue weighted by molar-refractivity contribution is -0.113. The summed E-state index contributed by atoms with van der Waals surface area (Å²) in [6.45, 7) is 9.39. The second-order valence-corrected chi connectivity index (χ2v) is 8.43. The Morgan fingerprint density at radius 1 is 1.28 bits per heavy atom. The summed E-state index contributed by atoms with van der Waals surface area (Å²) in [5, 5.41) is 12.5. The number of amides is 1. The zero-order valence-electron chi connectivity index (χ0n) is 15.4. The van der Waals surface area contributed by atoms with Crippen molar-refractivity contribution in [1.29, 1.82) is 0 Å². The highest BCUT2D eigenvalue weighted by atomic mass is 32.2. The highest BCUT2D eigenvalue weighted by molar-refractivity contribution is 7.99. The summed E-state index contributed by atoms with van der Waals surface area (Å²) in [6, 6.07) is 7.99. The Morgan fingerprint density at radius 3 is 2.64 bits per heavy atom. The Hall–Kier alpha value is -1.82. The van der Waals surface area contributed by atoms with Crippen LogP contribution in [-0.2, 0) is 16.8 Å². The van der Waals surface area contributed by atoms with Crippen molar-refractivity contribution in [2.75, 3.05) is 11.1 Å². The minimum atomic E-state index is -0.0153. The van der Waals surface area contributed by atoms with E-state index >= 15 is 0 Å². The molecule has 134 valence electrons. The lowest BCUT2D eigenvalue weighted by Gasteiger charge is -2.22. The third-order valence-electron chi connectivity index (χ3n) is 4.35. The van der Waals surface area contributed by atoms with Gasteiger partial charge in [-0.1, -0.05) is 50.7 Å². The number of rotatable bonds is 6. The molecule has 1 aromatic heterocycles. The molecular formula is C19H26N4OS. The van der Waals surface area contributed by atoms with E-state index in [0.717, 1.165) is 28.8 Å². The summed E-state index contributed by atoms with van der Waals surface area (Å²) >= 11 is 1.46. The second kappa shape index (κ2) is 7.20. The molecule has 0 saturated heterocycles. The highest BCUT2D eigenvalue weighted by Crippen LogP contribution is 2.40. The van der Waals surface area contributed by atoms with E-state index in [4.69, 9.17) is 0 Å². The number of benzene rings is 1. The summed E-state index contributed by atoms with van der Waals surface area (Å²) in [7, 11) is 0. The number of thioether (sulfide) groups is 1. The minimum Gasteiger partial charge on any atom is -0.325 e. The van der Waals surface area contributed by atoms with Gasteiger partial charge in [0.2, 0.25) is 5.91 Å². The van der Waals surface area contributed by atoms with Crippen LogP contribution < -0.4 is 5.32 Å². The summed E-state index contributed by atoms with van der Waals surface area (Å²) in [6.07, 6.45) is 2.40. The normalized spacial score (nSPS) is 14.6. The van der Waals surface area contributed by atoms with E-state index in [0.29, 0.717) is 11.7 Å². The smallest absolute Gasteiger partial charge is 0.234 e. The van der Waals surface area contributed by atoms with E-state index in [1.165, 1.54) is 24.6 Å². The summed E-state index contributed by atoms with van der Waals surface area (Å²) < 4.78 is 2.14. The van der Waals surface area contributed by atoms with Gasteiger partial charge in [-0.05, 0) is 36.8 Å². The van der Waals surface area contributed by atoms with Crippen molar-refractivity contribution in [1.82, 2.24) is 14.8 Å². The Kier molecular flexibility index (Phi) is 5.18. The number of carbonyl (C=O) groups excluding carboxylic acids is 1. The van der Waals surface area contributed by atoms with Gasteiger partial charge in [0.25, 0.3) is 0 Å². The summed E-state index contributed by atoms with van der Waals surface area (Å²) in [5.41, 5.74) is 2.01. The molecule has 1 aliphatic rings. The van der Waals surface area contributed by atoms with Crippen LogP contribution in [0.4, 0.5) is 5.69 Å². The number of anilines is 1. The number of hydrogen-bond acceptors (Lipinski definition) is 4. The maximum atomic E-state index is 12.4. The van der Waals surface area contributed by atoms with Crippen LogP contribution in [0.15, 0.2) is 29.4 Å². The number of hydrogen-bond donors (Lipinski definition) is 1. The molecule has 1 heterocycles. The first-order valence-corrected chi connectivity index (χ1v) is 9.84. The first-order chi connectivity index (χ1) is 11.9.